The van der Waals surface area contributed by atoms with Crippen LogP contribution in [-0.4, -0.2) is 23.3 Å². The first-order valence-corrected chi connectivity index (χ1v) is 7.64. The Hall–Kier alpha value is -1.42. The first-order chi connectivity index (χ1) is 9.14. The van der Waals surface area contributed by atoms with Gasteiger partial charge in [-0.05, 0) is 42.5 Å². The number of aromatic nitrogens is 2. The molecular formula is C15H19N3S. The molecule has 3 nitrogen and oxygen atoms in total. The van der Waals surface area contributed by atoms with Crippen LogP contribution in [0.1, 0.15) is 26.7 Å². The topological polar surface area (TPSA) is 29.0 Å². The highest BCUT2D eigenvalue weighted by molar-refractivity contribution is 7.12. The van der Waals surface area contributed by atoms with Crippen LogP contribution in [0.2, 0.25) is 0 Å². The maximum Gasteiger partial charge on any atom is 0.147 e. The van der Waals surface area contributed by atoms with Crippen molar-refractivity contribution >= 4 is 17.0 Å². The van der Waals surface area contributed by atoms with E-state index in [4.69, 9.17) is 0 Å². The average Bonchev–Trinajstić information content (AvgIpc) is 2.93. The van der Waals surface area contributed by atoms with Gasteiger partial charge in [0.1, 0.15) is 10.5 Å². The van der Waals surface area contributed by atoms with E-state index in [0.717, 1.165) is 23.7 Å². The van der Waals surface area contributed by atoms with Gasteiger partial charge in [0.25, 0.3) is 0 Å². The van der Waals surface area contributed by atoms with Crippen LogP contribution in [0.4, 0.5) is 5.69 Å². The highest BCUT2D eigenvalue weighted by atomic mass is 32.1. The number of benzene rings is 1. The van der Waals surface area contributed by atoms with Crippen molar-refractivity contribution in [2.75, 3.05) is 18.0 Å². The molecule has 1 aliphatic rings. The minimum absolute atomic E-state index is 0.503. The van der Waals surface area contributed by atoms with Crippen LogP contribution in [0.15, 0.2) is 29.8 Å². The summed E-state index contributed by atoms with van der Waals surface area (Å²) < 4.78 is 0. The van der Waals surface area contributed by atoms with E-state index in [2.05, 4.69) is 53.2 Å². The third-order valence-electron chi connectivity index (χ3n) is 3.96. The molecule has 0 radical (unpaired) electrons. The van der Waals surface area contributed by atoms with Crippen molar-refractivity contribution in [2.45, 2.75) is 26.7 Å². The normalized spacial score (nSPS) is 18.5. The van der Waals surface area contributed by atoms with Crippen molar-refractivity contribution in [3.05, 3.63) is 29.8 Å². The summed E-state index contributed by atoms with van der Waals surface area (Å²) in [6.07, 6.45) is 2.54. The monoisotopic (exact) mass is 273 g/mol. The van der Waals surface area contributed by atoms with Gasteiger partial charge >= 0.3 is 0 Å². The molecule has 0 aliphatic carbocycles. The molecule has 1 aromatic carbocycles. The number of hydrogen-bond donors (Lipinski definition) is 0. The molecule has 1 aliphatic heterocycles. The van der Waals surface area contributed by atoms with Crippen LogP contribution in [-0.2, 0) is 0 Å². The van der Waals surface area contributed by atoms with Gasteiger partial charge in [-0.2, -0.15) is 0 Å². The maximum absolute atomic E-state index is 4.10. The molecule has 0 bridgehead atoms. The van der Waals surface area contributed by atoms with Gasteiger partial charge in [-0.25, -0.2) is 0 Å². The quantitative estimate of drug-likeness (QED) is 0.832. The molecule has 4 heteroatoms. The van der Waals surface area contributed by atoms with E-state index in [1.165, 1.54) is 18.5 Å². The van der Waals surface area contributed by atoms with Gasteiger partial charge in [-0.15, -0.1) is 10.2 Å². The number of hydrogen-bond acceptors (Lipinski definition) is 4. The van der Waals surface area contributed by atoms with E-state index in [9.17, 15) is 0 Å². The fourth-order valence-electron chi connectivity index (χ4n) is 2.48. The summed E-state index contributed by atoms with van der Waals surface area (Å²) in [5.74, 6) is 0. The Kier molecular flexibility index (Phi) is 3.27. The van der Waals surface area contributed by atoms with E-state index in [-0.39, 0.29) is 0 Å². The third-order valence-corrected chi connectivity index (χ3v) is 4.70. The summed E-state index contributed by atoms with van der Waals surface area (Å²) >= 11 is 1.58. The molecular weight excluding hydrogens is 254 g/mol. The SMILES string of the molecule is CC1(C)CCN(c2ccc(-c3nncs3)cc2)CC1. The Morgan fingerprint density at radius 1 is 1.11 bits per heavy atom. The van der Waals surface area contributed by atoms with E-state index in [1.807, 2.05) is 0 Å². The van der Waals surface area contributed by atoms with E-state index >= 15 is 0 Å². The Morgan fingerprint density at radius 3 is 2.37 bits per heavy atom. The smallest absolute Gasteiger partial charge is 0.147 e. The lowest BCUT2D eigenvalue weighted by molar-refractivity contribution is 0.280. The van der Waals surface area contributed by atoms with Crippen LogP contribution < -0.4 is 4.90 Å². The summed E-state index contributed by atoms with van der Waals surface area (Å²) in [4.78, 5) is 2.48. The standard InChI is InChI=1S/C15H19N3S/c1-15(2)7-9-18(10-8-15)13-5-3-12(4-6-13)14-17-16-11-19-14/h3-6,11H,7-10H2,1-2H3. The fourth-order valence-corrected chi connectivity index (χ4v) is 3.04. The van der Waals surface area contributed by atoms with Crippen LogP contribution in [0, 0.1) is 5.41 Å². The minimum atomic E-state index is 0.503. The molecule has 0 atom stereocenters. The Labute approximate surface area is 118 Å². The lowest BCUT2D eigenvalue weighted by atomic mass is 9.82. The molecule has 0 N–H and O–H groups in total. The maximum atomic E-state index is 4.10. The molecule has 0 amide bonds. The van der Waals surface area contributed by atoms with Crippen LogP contribution >= 0.6 is 11.3 Å². The van der Waals surface area contributed by atoms with Crippen molar-refractivity contribution in [1.82, 2.24) is 10.2 Å². The molecule has 0 spiro atoms. The number of rotatable bonds is 2. The summed E-state index contributed by atoms with van der Waals surface area (Å²) in [5.41, 5.74) is 4.76. The van der Waals surface area contributed by atoms with E-state index in [1.54, 1.807) is 16.8 Å². The van der Waals surface area contributed by atoms with E-state index in [0.29, 0.717) is 5.41 Å². The largest absolute Gasteiger partial charge is 0.371 e. The molecule has 3 rings (SSSR count). The third kappa shape index (κ3) is 2.78. The van der Waals surface area contributed by atoms with Gasteiger partial charge < -0.3 is 4.90 Å². The summed E-state index contributed by atoms with van der Waals surface area (Å²) in [6.45, 7) is 7.04. The number of nitrogens with zero attached hydrogens (tertiary/aromatic N) is 3. The average molecular weight is 273 g/mol. The van der Waals surface area contributed by atoms with Crippen molar-refractivity contribution in [3.8, 4) is 10.6 Å². The van der Waals surface area contributed by atoms with Gasteiger partial charge in [-0.1, -0.05) is 25.2 Å². The lowest BCUT2D eigenvalue weighted by Crippen LogP contribution is -2.37. The Bertz CT molecular complexity index is 521. The van der Waals surface area contributed by atoms with E-state index < -0.39 is 0 Å². The zero-order valence-corrected chi connectivity index (χ0v) is 12.3. The van der Waals surface area contributed by atoms with Crippen LogP contribution in [0.25, 0.3) is 10.6 Å². The molecule has 100 valence electrons. The molecule has 1 aromatic heterocycles. The van der Waals surface area contributed by atoms with Gasteiger partial charge in [-0.3, -0.25) is 0 Å². The Morgan fingerprint density at radius 2 is 1.79 bits per heavy atom. The van der Waals surface area contributed by atoms with Crippen LogP contribution in [0.5, 0.6) is 0 Å². The van der Waals surface area contributed by atoms with Gasteiger partial charge in [0.15, 0.2) is 0 Å². The van der Waals surface area contributed by atoms with Gasteiger partial charge in [0, 0.05) is 24.3 Å². The first kappa shape index (κ1) is 12.6. The second kappa shape index (κ2) is 4.93. The van der Waals surface area contributed by atoms with Gasteiger partial charge in [0.05, 0.1) is 0 Å². The van der Waals surface area contributed by atoms with Crippen LogP contribution in [0.3, 0.4) is 0 Å². The highest BCUT2D eigenvalue weighted by Crippen LogP contribution is 2.32. The molecule has 1 fully saturated rings. The molecule has 0 unspecified atom stereocenters. The molecule has 0 saturated carbocycles. The fraction of sp³-hybridized carbons (Fsp3) is 0.467. The van der Waals surface area contributed by atoms with Crippen molar-refractivity contribution in [3.63, 3.8) is 0 Å². The summed E-state index contributed by atoms with van der Waals surface area (Å²) in [5, 5.41) is 8.98. The second-order valence-electron chi connectivity index (χ2n) is 5.94. The predicted molar refractivity (Wildman–Crippen MR) is 80.6 cm³/mol. The summed E-state index contributed by atoms with van der Waals surface area (Å²) in [6, 6.07) is 8.70. The Balaban J connectivity index is 1.73. The highest BCUT2D eigenvalue weighted by Gasteiger charge is 2.25. The molecule has 19 heavy (non-hydrogen) atoms. The molecule has 2 heterocycles. The zero-order chi connectivity index (χ0) is 13.3. The predicted octanol–water partition coefficient (Wildman–Crippen LogP) is 3.83. The number of anilines is 1. The molecule has 1 saturated heterocycles. The van der Waals surface area contributed by atoms with Crippen molar-refractivity contribution < 1.29 is 0 Å². The second-order valence-corrected chi connectivity index (χ2v) is 6.78. The zero-order valence-electron chi connectivity index (χ0n) is 11.5. The van der Waals surface area contributed by atoms with Crippen molar-refractivity contribution in [1.29, 1.82) is 0 Å². The summed E-state index contributed by atoms with van der Waals surface area (Å²) in [7, 11) is 0. The lowest BCUT2D eigenvalue weighted by Gasteiger charge is -2.38. The molecule has 2 aromatic rings. The minimum Gasteiger partial charge on any atom is -0.371 e. The van der Waals surface area contributed by atoms with Crippen molar-refractivity contribution in [2.24, 2.45) is 5.41 Å². The first-order valence-electron chi connectivity index (χ1n) is 6.76. The number of piperidine rings is 1. The van der Waals surface area contributed by atoms with Gasteiger partial charge in [0.2, 0.25) is 0 Å².